The number of hydrogen-bond acceptors (Lipinski definition) is 4. The van der Waals surface area contributed by atoms with Gasteiger partial charge in [0.2, 0.25) is 5.91 Å². The second kappa shape index (κ2) is 8.53. The minimum absolute atomic E-state index is 0.172. The van der Waals surface area contributed by atoms with Gasteiger partial charge in [0, 0.05) is 29.2 Å². The highest BCUT2D eigenvalue weighted by molar-refractivity contribution is 5.91. The number of aromatic nitrogens is 3. The van der Waals surface area contributed by atoms with E-state index in [-0.39, 0.29) is 18.0 Å². The van der Waals surface area contributed by atoms with Crippen LogP contribution >= 0.6 is 0 Å². The molecule has 7 nitrogen and oxygen atoms in total. The van der Waals surface area contributed by atoms with Crippen molar-refractivity contribution in [3.8, 4) is 11.3 Å². The van der Waals surface area contributed by atoms with Crippen LogP contribution in [-0.2, 0) is 24.4 Å². The van der Waals surface area contributed by atoms with Gasteiger partial charge in [-0.3, -0.25) is 9.59 Å². The molecule has 0 aliphatic rings. The SMILES string of the molecule is CCc1ccccc1NC(=O)Cn1ccn2nc(-c3ccc(F)cc3)c(CO)c2c1=O. The summed E-state index contributed by atoms with van der Waals surface area (Å²) in [6, 6.07) is 13.1. The van der Waals surface area contributed by atoms with Gasteiger partial charge in [0.1, 0.15) is 17.9 Å². The highest BCUT2D eigenvalue weighted by atomic mass is 19.1. The number of amides is 1. The summed E-state index contributed by atoms with van der Waals surface area (Å²) in [5.41, 5.74) is 2.72. The Labute approximate surface area is 177 Å². The smallest absolute Gasteiger partial charge is 0.277 e. The molecule has 0 atom stereocenters. The van der Waals surface area contributed by atoms with Crippen molar-refractivity contribution in [3.05, 3.63) is 88.2 Å². The Hall–Kier alpha value is -3.78. The number of carbonyl (C=O) groups is 1. The van der Waals surface area contributed by atoms with E-state index in [9.17, 15) is 19.1 Å². The molecule has 0 fully saturated rings. The first kappa shape index (κ1) is 20.5. The maximum atomic E-state index is 13.3. The molecule has 0 bridgehead atoms. The predicted molar refractivity (Wildman–Crippen MR) is 115 cm³/mol. The summed E-state index contributed by atoms with van der Waals surface area (Å²) in [7, 11) is 0. The van der Waals surface area contributed by atoms with Gasteiger partial charge in [-0.2, -0.15) is 5.10 Å². The highest BCUT2D eigenvalue weighted by Crippen LogP contribution is 2.25. The standard InChI is InChI=1S/C23H21FN4O3/c1-2-15-5-3-4-6-19(15)25-20(30)13-27-11-12-28-22(23(27)31)18(14-29)21(26-28)16-7-9-17(24)10-8-16/h3-12,29H,2,13-14H2,1H3,(H,25,30). The minimum Gasteiger partial charge on any atom is -0.392 e. The fourth-order valence-electron chi connectivity index (χ4n) is 3.56. The van der Waals surface area contributed by atoms with Crippen LogP contribution in [-0.4, -0.2) is 25.2 Å². The van der Waals surface area contributed by atoms with Gasteiger partial charge < -0.3 is 15.0 Å². The number of aryl methyl sites for hydroxylation is 1. The van der Waals surface area contributed by atoms with Gasteiger partial charge in [-0.15, -0.1) is 0 Å². The molecule has 0 radical (unpaired) electrons. The number of hydrogen-bond donors (Lipinski definition) is 2. The van der Waals surface area contributed by atoms with Crippen LogP contribution in [0.5, 0.6) is 0 Å². The number of benzene rings is 2. The number of carbonyl (C=O) groups excluding carboxylic acids is 1. The largest absolute Gasteiger partial charge is 0.392 e. The summed E-state index contributed by atoms with van der Waals surface area (Å²) < 4.78 is 15.9. The zero-order chi connectivity index (χ0) is 22.0. The molecule has 0 unspecified atom stereocenters. The topological polar surface area (TPSA) is 88.6 Å². The van der Waals surface area contributed by atoms with E-state index in [1.807, 2.05) is 31.2 Å². The molecule has 0 aliphatic carbocycles. The summed E-state index contributed by atoms with van der Waals surface area (Å²) in [6.45, 7) is 1.39. The van der Waals surface area contributed by atoms with Crippen molar-refractivity contribution in [3.63, 3.8) is 0 Å². The zero-order valence-corrected chi connectivity index (χ0v) is 16.9. The molecule has 8 heteroatoms. The van der Waals surface area contributed by atoms with Gasteiger partial charge in [0.05, 0.1) is 12.3 Å². The van der Waals surface area contributed by atoms with Gasteiger partial charge in [-0.25, -0.2) is 8.91 Å². The monoisotopic (exact) mass is 420 g/mol. The van der Waals surface area contributed by atoms with Crippen LogP contribution in [0.15, 0.2) is 65.7 Å². The third-order valence-corrected chi connectivity index (χ3v) is 5.12. The zero-order valence-electron chi connectivity index (χ0n) is 16.9. The number of anilines is 1. The third kappa shape index (κ3) is 3.97. The Kier molecular flexibility index (Phi) is 5.64. The van der Waals surface area contributed by atoms with E-state index >= 15 is 0 Å². The molecule has 158 valence electrons. The Morgan fingerprint density at radius 3 is 2.58 bits per heavy atom. The highest BCUT2D eigenvalue weighted by Gasteiger charge is 2.18. The Balaban J connectivity index is 1.68. The summed E-state index contributed by atoms with van der Waals surface area (Å²) in [5, 5.41) is 17.1. The summed E-state index contributed by atoms with van der Waals surface area (Å²) >= 11 is 0. The predicted octanol–water partition coefficient (Wildman–Crippen LogP) is 3.00. The van der Waals surface area contributed by atoms with E-state index < -0.39 is 18.0 Å². The van der Waals surface area contributed by atoms with E-state index in [0.717, 1.165) is 12.0 Å². The quantitative estimate of drug-likeness (QED) is 0.502. The molecule has 0 saturated heterocycles. The molecule has 1 amide bonds. The summed E-state index contributed by atoms with van der Waals surface area (Å²) in [6.07, 6.45) is 3.80. The molecule has 0 aliphatic heterocycles. The normalized spacial score (nSPS) is 11.1. The Morgan fingerprint density at radius 1 is 1.13 bits per heavy atom. The average Bonchev–Trinajstić information content (AvgIpc) is 3.16. The van der Waals surface area contributed by atoms with Gasteiger partial charge in [0.15, 0.2) is 0 Å². The van der Waals surface area contributed by atoms with E-state index in [1.54, 1.807) is 6.20 Å². The minimum atomic E-state index is -0.452. The fourth-order valence-corrected chi connectivity index (χ4v) is 3.56. The molecule has 0 spiro atoms. The van der Waals surface area contributed by atoms with Crippen LogP contribution in [0.4, 0.5) is 10.1 Å². The Bertz CT molecular complexity index is 1310. The van der Waals surface area contributed by atoms with Gasteiger partial charge in [-0.1, -0.05) is 25.1 Å². The summed E-state index contributed by atoms with van der Waals surface area (Å²) in [5.74, 6) is -0.729. The van der Waals surface area contributed by atoms with Gasteiger partial charge in [-0.05, 0) is 42.3 Å². The number of aliphatic hydroxyl groups is 1. The van der Waals surface area contributed by atoms with Gasteiger partial charge >= 0.3 is 0 Å². The van der Waals surface area contributed by atoms with Crippen LogP contribution in [0.25, 0.3) is 16.8 Å². The molecule has 0 saturated carbocycles. The van der Waals surface area contributed by atoms with Crippen molar-refractivity contribution in [2.75, 3.05) is 5.32 Å². The first-order chi connectivity index (χ1) is 15.0. The average molecular weight is 420 g/mol. The van der Waals surface area contributed by atoms with Crippen molar-refractivity contribution in [2.45, 2.75) is 26.5 Å². The van der Waals surface area contributed by atoms with Crippen molar-refractivity contribution >= 4 is 17.1 Å². The fraction of sp³-hybridized carbons (Fsp3) is 0.174. The lowest BCUT2D eigenvalue weighted by atomic mass is 10.1. The maximum absolute atomic E-state index is 13.3. The van der Waals surface area contributed by atoms with Crippen LogP contribution in [0.2, 0.25) is 0 Å². The van der Waals surface area contributed by atoms with Crippen LogP contribution in [0.3, 0.4) is 0 Å². The van der Waals surface area contributed by atoms with E-state index in [2.05, 4.69) is 10.4 Å². The summed E-state index contributed by atoms with van der Waals surface area (Å²) in [4.78, 5) is 25.6. The maximum Gasteiger partial charge on any atom is 0.277 e. The number of fused-ring (bicyclic) bond motifs is 1. The van der Waals surface area contributed by atoms with Crippen molar-refractivity contribution in [1.29, 1.82) is 0 Å². The van der Waals surface area contributed by atoms with Crippen LogP contribution < -0.4 is 10.9 Å². The number of nitrogens with one attached hydrogen (secondary N) is 1. The van der Waals surface area contributed by atoms with Crippen LogP contribution in [0, 0.1) is 5.82 Å². The van der Waals surface area contributed by atoms with E-state index in [1.165, 1.54) is 39.5 Å². The number of rotatable bonds is 6. The molecule has 2 aromatic heterocycles. The first-order valence-corrected chi connectivity index (χ1v) is 9.87. The second-order valence-electron chi connectivity index (χ2n) is 7.08. The second-order valence-corrected chi connectivity index (χ2v) is 7.08. The molecular formula is C23H21FN4O3. The molecule has 4 rings (SSSR count). The first-order valence-electron chi connectivity index (χ1n) is 9.87. The lowest BCUT2D eigenvalue weighted by Crippen LogP contribution is -2.28. The molecular weight excluding hydrogens is 399 g/mol. The van der Waals surface area contributed by atoms with E-state index in [0.29, 0.717) is 22.5 Å². The third-order valence-electron chi connectivity index (χ3n) is 5.12. The van der Waals surface area contributed by atoms with E-state index in [4.69, 9.17) is 0 Å². The number of para-hydroxylation sites is 1. The van der Waals surface area contributed by atoms with Crippen molar-refractivity contribution < 1.29 is 14.3 Å². The van der Waals surface area contributed by atoms with Gasteiger partial charge in [0.25, 0.3) is 5.56 Å². The molecule has 2 N–H and O–H groups in total. The molecule has 4 aromatic rings. The number of aliphatic hydroxyl groups excluding tert-OH is 1. The lowest BCUT2D eigenvalue weighted by Gasteiger charge is -2.11. The molecule has 2 aromatic carbocycles. The van der Waals surface area contributed by atoms with Crippen molar-refractivity contribution in [1.82, 2.24) is 14.2 Å². The Morgan fingerprint density at radius 2 is 1.87 bits per heavy atom. The number of nitrogens with zero attached hydrogens (tertiary/aromatic N) is 3. The number of halogens is 1. The van der Waals surface area contributed by atoms with Crippen LogP contribution in [0.1, 0.15) is 18.1 Å². The van der Waals surface area contributed by atoms with Crippen molar-refractivity contribution in [2.24, 2.45) is 0 Å². The lowest BCUT2D eigenvalue weighted by molar-refractivity contribution is -0.116. The molecule has 31 heavy (non-hydrogen) atoms. The molecule has 2 heterocycles.